The molecule has 7 heteroatoms. The first kappa shape index (κ1) is 16.3. The number of carbonyl (C=O) groups excluding carboxylic acids is 1. The number of ether oxygens (including phenoxy) is 3. The summed E-state index contributed by atoms with van der Waals surface area (Å²) < 4.78 is 17.4. The molecule has 0 aliphatic rings. The summed E-state index contributed by atoms with van der Waals surface area (Å²) in [4.78, 5) is 13.3. The van der Waals surface area contributed by atoms with Gasteiger partial charge in [-0.3, -0.25) is 4.79 Å². The minimum absolute atomic E-state index is 0.143. The van der Waals surface area contributed by atoms with Crippen molar-refractivity contribution in [3.05, 3.63) is 36.9 Å². The fourth-order valence-corrected chi connectivity index (χ4v) is 3.98. The number of hydrogen-bond donors (Lipinski definition) is 0. The molecule has 0 unspecified atom stereocenters. The van der Waals surface area contributed by atoms with Gasteiger partial charge in [0.05, 0.1) is 36.2 Å². The molecule has 2 aromatic rings. The third kappa shape index (κ3) is 2.95. The molecule has 0 saturated heterocycles. The lowest BCUT2D eigenvalue weighted by Gasteiger charge is -2.14. The van der Waals surface area contributed by atoms with E-state index >= 15 is 0 Å². The molecule has 0 fully saturated rings. The maximum absolute atomic E-state index is 12.7. The van der Waals surface area contributed by atoms with Gasteiger partial charge in [-0.1, -0.05) is 0 Å². The van der Waals surface area contributed by atoms with Gasteiger partial charge in [0, 0.05) is 9.85 Å². The topological polar surface area (TPSA) is 44.8 Å². The average Bonchev–Trinajstić information content (AvgIpc) is 2.84. The molecule has 0 amide bonds. The summed E-state index contributed by atoms with van der Waals surface area (Å²) in [6.45, 7) is 0. The molecule has 4 nitrogen and oxygen atoms in total. The molecule has 21 heavy (non-hydrogen) atoms. The Balaban J connectivity index is 2.58. The third-order valence-electron chi connectivity index (χ3n) is 2.84. The van der Waals surface area contributed by atoms with Gasteiger partial charge in [-0.25, -0.2) is 0 Å². The Bertz CT molecular complexity index is 682. The molecule has 0 spiro atoms. The summed E-state index contributed by atoms with van der Waals surface area (Å²) >= 11 is 8.13. The standard InChI is InChI=1S/C14H12Br2O4S/c1-18-9-5-4-7(12(19-2)13(9)20-3)11(17)14-10(16)8(15)6-21-14/h4-6H,1-3H3. The van der Waals surface area contributed by atoms with E-state index in [1.807, 2.05) is 5.38 Å². The maximum Gasteiger partial charge on any atom is 0.208 e. The van der Waals surface area contributed by atoms with Crippen LogP contribution in [0, 0.1) is 0 Å². The summed E-state index contributed by atoms with van der Waals surface area (Å²) in [6.07, 6.45) is 0. The fourth-order valence-electron chi connectivity index (χ4n) is 1.88. The van der Waals surface area contributed by atoms with E-state index in [0.717, 1.165) is 8.95 Å². The molecule has 0 bridgehead atoms. The fraction of sp³-hybridized carbons (Fsp3) is 0.214. The molecule has 0 saturated carbocycles. The molecule has 0 atom stereocenters. The van der Waals surface area contributed by atoms with Crippen LogP contribution in [0.5, 0.6) is 17.2 Å². The minimum Gasteiger partial charge on any atom is -0.493 e. The monoisotopic (exact) mass is 434 g/mol. The third-order valence-corrected chi connectivity index (χ3v) is 6.37. The predicted octanol–water partition coefficient (Wildman–Crippen LogP) is 4.53. The number of thiophene rings is 1. The molecular formula is C14H12Br2O4S. The number of halogens is 2. The highest BCUT2D eigenvalue weighted by Gasteiger charge is 2.24. The van der Waals surface area contributed by atoms with Gasteiger partial charge in [0.15, 0.2) is 11.5 Å². The van der Waals surface area contributed by atoms with Crippen molar-refractivity contribution in [2.75, 3.05) is 21.3 Å². The molecule has 112 valence electrons. The van der Waals surface area contributed by atoms with E-state index in [2.05, 4.69) is 31.9 Å². The SMILES string of the molecule is COc1ccc(C(=O)c2scc(Br)c2Br)c(OC)c1OC. The van der Waals surface area contributed by atoms with Gasteiger partial charge in [0.1, 0.15) is 0 Å². The molecule has 0 aliphatic heterocycles. The van der Waals surface area contributed by atoms with Gasteiger partial charge < -0.3 is 14.2 Å². The molecule has 1 aromatic carbocycles. The lowest BCUT2D eigenvalue weighted by Crippen LogP contribution is -2.05. The van der Waals surface area contributed by atoms with Gasteiger partial charge in [0.25, 0.3) is 0 Å². The van der Waals surface area contributed by atoms with Crippen LogP contribution in [0.2, 0.25) is 0 Å². The largest absolute Gasteiger partial charge is 0.493 e. The van der Waals surface area contributed by atoms with E-state index in [4.69, 9.17) is 14.2 Å². The van der Waals surface area contributed by atoms with Crippen molar-refractivity contribution in [1.29, 1.82) is 0 Å². The van der Waals surface area contributed by atoms with Crippen molar-refractivity contribution in [2.45, 2.75) is 0 Å². The van der Waals surface area contributed by atoms with E-state index in [9.17, 15) is 4.79 Å². The van der Waals surface area contributed by atoms with Crippen LogP contribution in [0.25, 0.3) is 0 Å². The molecular weight excluding hydrogens is 424 g/mol. The first-order valence-corrected chi connectivity index (χ1v) is 8.27. The van der Waals surface area contributed by atoms with Crippen molar-refractivity contribution in [1.82, 2.24) is 0 Å². The van der Waals surface area contributed by atoms with Crippen molar-refractivity contribution in [3.63, 3.8) is 0 Å². The molecule has 0 N–H and O–H groups in total. The van der Waals surface area contributed by atoms with Crippen molar-refractivity contribution < 1.29 is 19.0 Å². The Morgan fingerprint density at radius 2 is 1.71 bits per heavy atom. The summed E-state index contributed by atoms with van der Waals surface area (Å²) in [7, 11) is 4.53. The molecule has 0 radical (unpaired) electrons. The Labute approximate surface area is 143 Å². The van der Waals surface area contributed by atoms with E-state index < -0.39 is 0 Å². The highest BCUT2D eigenvalue weighted by molar-refractivity contribution is 9.13. The van der Waals surface area contributed by atoms with Crippen LogP contribution in [0.15, 0.2) is 26.5 Å². The predicted molar refractivity (Wildman–Crippen MR) is 89.2 cm³/mol. The molecule has 0 aliphatic carbocycles. The van der Waals surface area contributed by atoms with Crippen LogP contribution in [-0.4, -0.2) is 27.1 Å². The second kappa shape index (κ2) is 6.81. The van der Waals surface area contributed by atoms with Gasteiger partial charge >= 0.3 is 0 Å². The zero-order valence-electron chi connectivity index (χ0n) is 11.5. The van der Waals surface area contributed by atoms with E-state index in [1.54, 1.807) is 12.1 Å². The Morgan fingerprint density at radius 1 is 1.05 bits per heavy atom. The van der Waals surface area contributed by atoms with Gasteiger partial charge in [-0.2, -0.15) is 0 Å². The normalized spacial score (nSPS) is 10.3. The first-order valence-electron chi connectivity index (χ1n) is 5.81. The van der Waals surface area contributed by atoms with Crippen molar-refractivity contribution in [3.8, 4) is 17.2 Å². The molecule has 1 aromatic heterocycles. The highest BCUT2D eigenvalue weighted by atomic mass is 79.9. The second-order valence-corrected chi connectivity index (χ2v) is 6.46. The van der Waals surface area contributed by atoms with E-state index in [1.165, 1.54) is 32.7 Å². The van der Waals surface area contributed by atoms with Crippen molar-refractivity contribution in [2.24, 2.45) is 0 Å². The molecule has 2 rings (SSSR count). The second-order valence-electron chi connectivity index (χ2n) is 3.94. The summed E-state index contributed by atoms with van der Waals surface area (Å²) in [5.74, 6) is 1.13. The highest BCUT2D eigenvalue weighted by Crippen LogP contribution is 2.42. The Kier molecular flexibility index (Phi) is 5.29. The van der Waals surface area contributed by atoms with Crippen LogP contribution >= 0.6 is 43.2 Å². The van der Waals surface area contributed by atoms with Crippen LogP contribution in [0.1, 0.15) is 15.2 Å². The Morgan fingerprint density at radius 3 is 2.19 bits per heavy atom. The quantitative estimate of drug-likeness (QED) is 0.647. The van der Waals surface area contributed by atoms with Crippen LogP contribution in [-0.2, 0) is 0 Å². The van der Waals surface area contributed by atoms with Gasteiger partial charge in [-0.15, -0.1) is 11.3 Å². The number of rotatable bonds is 5. The lowest BCUT2D eigenvalue weighted by molar-refractivity contribution is 0.103. The zero-order chi connectivity index (χ0) is 15.6. The van der Waals surface area contributed by atoms with Crippen molar-refractivity contribution >= 4 is 49.0 Å². The Hall–Kier alpha value is -1.05. The van der Waals surface area contributed by atoms with Crippen LogP contribution in [0.4, 0.5) is 0 Å². The van der Waals surface area contributed by atoms with Crippen LogP contribution in [0.3, 0.4) is 0 Å². The number of methoxy groups -OCH3 is 3. The maximum atomic E-state index is 12.7. The zero-order valence-corrected chi connectivity index (χ0v) is 15.5. The lowest BCUT2D eigenvalue weighted by atomic mass is 10.1. The summed E-state index contributed by atoms with van der Waals surface area (Å²) in [5.41, 5.74) is 0.421. The smallest absolute Gasteiger partial charge is 0.208 e. The number of ketones is 1. The number of benzene rings is 1. The minimum atomic E-state index is -0.143. The summed E-state index contributed by atoms with van der Waals surface area (Å²) in [6, 6.07) is 3.35. The van der Waals surface area contributed by atoms with Gasteiger partial charge in [-0.05, 0) is 44.0 Å². The summed E-state index contributed by atoms with van der Waals surface area (Å²) in [5, 5.41) is 1.85. The first-order chi connectivity index (χ1) is 10.0. The van der Waals surface area contributed by atoms with Crippen LogP contribution < -0.4 is 14.2 Å². The average molecular weight is 436 g/mol. The van der Waals surface area contributed by atoms with E-state index in [0.29, 0.717) is 27.7 Å². The van der Waals surface area contributed by atoms with E-state index in [-0.39, 0.29) is 5.78 Å². The number of hydrogen-bond acceptors (Lipinski definition) is 5. The van der Waals surface area contributed by atoms with Gasteiger partial charge in [0.2, 0.25) is 11.5 Å². The molecule has 1 heterocycles. The number of carbonyl (C=O) groups is 1.